The number of carbonyl (C=O) groups is 2. The average molecular weight is 516 g/mol. The van der Waals surface area contributed by atoms with Crippen LogP contribution in [0.2, 0.25) is 0 Å². The highest BCUT2D eigenvalue weighted by Crippen LogP contribution is 2.22. The van der Waals surface area contributed by atoms with E-state index in [2.05, 4.69) is 12.2 Å². The zero-order chi connectivity index (χ0) is 26.9. The first-order chi connectivity index (χ1) is 16.9. The summed E-state index contributed by atoms with van der Waals surface area (Å²) in [6.45, 7) is 10.7. The van der Waals surface area contributed by atoms with Crippen LogP contribution < -0.4 is 9.62 Å². The lowest BCUT2D eigenvalue weighted by Crippen LogP contribution is -2.48. The number of benzene rings is 2. The van der Waals surface area contributed by atoms with E-state index in [0.717, 1.165) is 35.1 Å². The number of aryl methyl sites for hydroxylation is 3. The quantitative estimate of drug-likeness (QED) is 0.398. The molecule has 2 amide bonds. The molecule has 0 fully saturated rings. The summed E-state index contributed by atoms with van der Waals surface area (Å²) in [6, 6.07) is 12.9. The van der Waals surface area contributed by atoms with Crippen molar-refractivity contribution in [3.8, 4) is 0 Å². The zero-order valence-electron chi connectivity index (χ0n) is 22.5. The topological polar surface area (TPSA) is 86.8 Å². The van der Waals surface area contributed by atoms with E-state index < -0.39 is 16.1 Å². The maximum atomic E-state index is 13.4. The molecule has 1 atom stereocenters. The standard InChI is InChI=1S/C28H41N3O4S/c1-7-8-14-29-28(33)24(5)30(20-25-12-9-11-21(2)17-25)27(32)13-10-15-31(36(6,34)35)26-18-22(3)16-23(4)19-26/h9,11-12,16-19,24H,7-8,10,13-15,20H2,1-6H3,(H,29,33). The van der Waals surface area contributed by atoms with E-state index in [4.69, 9.17) is 0 Å². The number of carbonyl (C=O) groups excluding carboxylic acids is 2. The predicted molar refractivity (Wildman–Crippen MR) is 146 cm³/mol. The van der Waals surface area contributed by atoms with Gasteiger partial charge < -0.3 is 10.2 Å². The van der Waals surface area contributed by atoms with E-state index in [1.165, 1.54) is 10.6 Å². The third-order valence-electron chi connectivity index (χ3n) is 6.08. The summed E-state index contributed by atoms with van der Waals surface area (Å²) >= 11 is 0. The molecule has 0 radical (unpaired) electrons. The van der Waals surface area contributed by atoms with Gasteiger partial charge in [0.25, 0.3) is 0 Å². The Labute approximate surface area is 216 Å². The summed E-state index contributed by atoms with van der Waals surface area (Å²) < 4.78 is 26.4. The number of anilines is 1. The monoisotopic (exact) mass is 515 g/mol. The van der Waals surface area contributed by atoms with E-state index in [-0.39, 0.29) is 24.8 Å². The van der Waals surface area contributed by atoms with Gasteiger partial charge in [-0.2, -0.15) is 0 Å². The van der Waals surface area contributed by atoms with Gasteiger partial charge >= 0.3 is 0 Å². The summed E-state index contributed by atoms with van der Waals surface area (Å²) in [7, 11) is -3.52. The van der Waals surface area contributed by atoms with Gasteiger partial charge in [-0.3, -0.25) is 13.9 Å². The molecule has 0 aliphatic heterocycles. The summed E-state index contributed by atoms with van der Waals surface area (Å²) in [5.74, 6) is -0.360. The van der Waals surface area contributed by atoms with Crippen molar-refractivity contribution in [1.82, 2.24) is 10.2 Å². The third kappa shape index (κ3) is 8.97. The minimum atomic E-state index is -3.52. The van der Waals surface area contributed by atoms with Crippen LogP contribution in [-0.4, -0.2) is 50.5 Å². The second-order valence-electron chi connectivity index (χ2n) is 9.62. The molecule has 0 heterocycles. The van der Waals surface area contributed by atoms with Crippen LogP contribution in [0, 0.1) is 20.8 Å². The average Bonchev–Trinajstić information content (AvgIpc) is 2.78. The molecule has 8 heteroatoms. The minimum Gasteiger partial charge on any atom is -0.354 e. The smallest absolute Gasteiger partial charge is 0.242 e. The number of amides is 2. The Morgan fingerprint density at radius 2 is 1.64 bits per heavy atom. The van der Waals surface area contributed by atoms with Crippen LogP contribution in [0.15, 0.2) is 42.5 Å². The Kier molecular flexibility index (Phi) is 11.0. The van der Waals surface area contributed by atoms with E-state index >= 15 is 0 Å². The van der Waals surface area contributed by atoms with Gasteiger partial charge in [0.1, 0.15) is 6.04 Å². The number of nitrogens with one attached hydrogen (secondary N) is 1. The number of hydrogen-bond acceptors (Lipinski definition) is 4. The molecule has 2 aromatic rings. The van der Waals surface area contributed by atoms with Crippen LogP contribution in [0.4, 0.5) is 5.69 Å². The van der Waals surface area contributed by atoms with Gasteiger partial charge in [0.15, 0.2) is 0 Å². The number of unbranched alkanes of at least 4 members (excludes halogenated alkanes) is 1. The maximum Gasteiger partial charge on any atom is 0.242 e. The second kappa shape index (κ2) is 13.4. The molecule has 0 bridgehead atoms. The van der Waals surface area contributed by atoms with E-state index in [0.29, 0.717) is 25.2 Å². The van der Waals surface area contributed by atoms with Gasteiger partial charge in [-0.25, -0.2) is 8.42 Å². The Morgan fingerprint density at radius 3 is 2.22 bits per heavy atom. The van der Waals surface area contributed by atoms with Crippen molar-refractivity contribution in [2.24, 2.45) is 0 Å². The van der Waals surface area contributed by atoms with Crippen molar-refractivity contribution in [2.45, 2.75) is 72.9 Å². The van der Waals surface area contributed by atoms with Crippen molar-refractivity contribution >= 4 is 27.5 Å². The highest BCUT2D eigenvalue weighted by molar-refractivity contribution is 7.92. The Morgan fingerprint density at radius 1 is 0.972 bits per heavy atom. The second-order valence-corrected chi connectivity index (χ2v) is 11.5. The molecule has 1 unspecified atom stereocenters. The highest BCUT2D eigenvalue weighted by atomic mass is 32.2. The van der Waals surface area contributed by atoms with Gasteiger partial charge in [-0.15, -0.1) is 0 Å². The lowest BCUT2D eigenvalue weighted by atomic mass is 10.1. The molecule has 0 aliphatic rings. The third-order valence-corrected chi connectivity index (χ3v) is 7.27. The molecule has 0 aliphatic carbocycles. The molecule has 0 saturated heterocycles. The normalized spacial score (nSPS) is 12.2. The first kappa shape index (κ1) is 29.4. The van der Waals surface area contributed by atoms with Gasteiger partial charge in [-0.05, 0) is 69.4 Å². The van der Waals surface area contributed by atoms with Gasteiger partial charge in [0.05, 0.1) is 11.9 Å². The van der Waals surface area contributed by atoms with Crippen LogP contribution in [-0.2, 0) is 26.2 Å². The largest absolute Gasteiger partial charge is 0.354 e. The number of rotatable bonds is 13. The number of nitrogens with zero attached hydrogens (tertiary/aromatic N) is 2. The summed E-state index contributed by atoms with van der Waals surface area (Å²) in [4.78, 5) is 27.7. The fraction of sp³-hybridized carbons (Fsp3) is 0.500. The molecule has 1 N–H and O–H groups in total. The van der Waals surface area contributed by atoms with Crippen LogP contribution in [0.25, 0.3) is 0 Å². The molecule has 2 rings (SSSR count). The summed E-state index contributed by atoms with van der Waals surface area (Å²) in [6.07, 6.45) is 3.50. The molecule has 7 nitrogen and oxygen atoms in total. The molecular formula is C28H41N3O4S. The molecule has 198 valence electrons. The van der Waals surface area contributed by atoms with Crippen molar-refractivity contribution in [3.63, 3.8) is 0 Å². The zero-order valence-corrected chi connectivity index (χ0v) is 23.3. The van der Waals surface area contributed by atoms with E-state index in [9.17, 15) is 18.0 Å². The van der Waals surface area contributed by atoms with Crippen LogP contribution >= 0.6 is 0 Å². The first-order valence-corrected chi connectivity index (χ1v) is 14.5. The van der Waals surface area contributed by atoms with Gasteiger partial charge in [-0.1, -0.05) is 49.2 Å². The predicted octanol–water partition coefficient (Wildman–Crippen LogP) is 4.49. The van der Waals surface area contributed by atoms with E-state index in [1.54, 1.807) is 11.8 Å². The lowest BCUT2D eigenvalue weighted by molar-refractivity contribution is -0.140. The minimum absolute atomic E-state index is 0.134. The van der Waals surface area contributed by atoms with Crippen molar-refractivity contribution in [3.05, 3.63) is 64.7 Å². The van der Waals surface area contributed by atoms with Crippen molar-refractivity contribution in [2.75, 3.05) is 23.7 Å². The van der Waals surface area contributed by atoms with Crippen molar-refractivity contribution < 1.29 is 18.0 Å². The van der Waals surface area contributed by atoms with Gasteiger partial charge in [0.2, 0.25) is 21.8 Å². The SMILES string of the molecule is CCCCNC(=O)C(C)N(Cc1cccc(C)c1)C(=O)CCCN(c1cc(C)cc(C)c1)S(C)(=O)=O. The molecule has 0 aromatic heterocycles. The molecule has 0 spiro atoms. The van der Waals surface area contributed by atoms with E-state index in [1.807, 2.05) is 63.2 Å². The van der Waals surface area contributed by atoms with Crippen molar-refractivity contribution in [1.29, 1.82) is 0 Å². The van der Waals surface area contributed by atoms with Crippen LogP contribution in [0.5, 0.6) is 0 Å². The molecule has 2 aromatic carbocycles. The molecular weight excluding hydrogens is 474 g/mol. The summed E-state index contributed by atoms with van der Waals surface area (Å²) in [5, 5.41) is 2.92. The number of sulfonamides is 1. The molecule has 0 saturated carbocycles. The van der Waals surface area contributed by atoms with Gasteiger partial charge in [0, 0.05) is 26.1 Å². The first-order valence-electron chi connectivity index (χ1n) is 12.6. The lowest BCUT2D eigenvalue weighted by Gasteiger charge is -2.29. The Balaban J connectivity index is 2.17. The fourth-order valence-corrected chi connectivity index (χ4v) is 5.17. The van der Waals surface area contributed by atoms with Crippen LogP contribution in [0.1, 0.15) is 61.8 Å². The summed E-state index contributed by atoms with van der Waals surface area (Å²) in [5.41, 5.74) is 4.58. The van der Waals surface area contributed by atoms with Crippen LogP contribution in [0.3, 0.4) is 0 Å². The Hall–Kier alpha value is -2.87. The molecule has 36 heavy (non-hydrogen) atoms. The highest BCUT2D eigenvalue weighted by Gasteiger charge is 2.26. The number of hydrogen-bond donors (Lipinski definition) is 1. The maximum absolute atomic E-state index is 13.4. The Bertz CT molecular complexity index is 1130. The fourth-order valence-electron chi connectivity index (χ4n) is 4.22.